The third kappa shape index (κ3) is 2.40. The SMILES string of the molecule is O=C(Cn1cnc2ccccc21)N1CCC(N2C(=O)CNC2=O)C1. The molecule has 4 rings (SSSR count). The van der Waals surface area contributed by atoms with E-state index < -0.39 is 0 Å². The number of carbonyl (C=O) groups is 3. The molecule has 0 bridgehead atoms. The zero-order valence-corrected chi connectivity index (χ0v) is 13.0. The number of rotatable bonds is 3. The fourth-order valence-corrected chi connectivity index (χ4v) is 3.37. The molecule has 124 valence electrons. The van der Waals surface area contributed by atoms with Crippen molar-refractivity contribution in [3.63, 3.8) is 0 Å². The Hall–Kier alpha value is -2.90. The van der Waals surface area contributed by atoms with Crippen molar-refractivity contribution in [2.75, 3.05) is 19.6 Å². The third-order valence-corrected chi connectivity index (χ3v) is 4.59. The van der Waals surface area contributed by atoms with Crippen LogP contribution in [-0.4, -0.2) is 62.9 Å². The Morgan fingerprint density at radius 3 is 2.92 bits per heavy atom. The average Bonchev–Trinajstić information content (AvgIpc) is 3.28. The van der Waals surface area contributed by atoms with Crippen molar-refractivity contribution in [2.24, 2.45) is 0 Å². The molecule has 2 saturated heterocycles. The number of carbonyl (C=O) groups excluding carboxylic acids is 3. The van der Waals surface area contributed by atoms with E-state index in [0.717, 1.165) is 11.0 Å². The zero-order valence-electron chi connectivity index (χ0n) is 13.0. The Morgan fingerprint density at radius 2 is 2.12 bits per heavy atom. The van der Waals surface area contributed by atoms with Crippen molar-refractivity contribution in [3.8, 4) is 0 Å². The maximum absolute atomic E-state index is 12.6. The first-order chi connectivity index (χ1) is 11.6. The number of imidazole rings is 1. The highest BCUT2D eigenvalue weighted by molar-refractivity contribution is 6.02. The van der Waals surface area contributed by atoms with E-state index in [1.165, 1.54) is 4.90 Å². The molecule has 24 heavy (non-hydrogen) atoms. The van der Waals surface area contributed by atoms with Crippen LogP contribution in [0, 0.1) is 0 Å². The van der Waals surface area contributed by atoms with E-state index in [9.17, 15) is 14.4 Å². The third-order valence-electron chi connectivity index (χ3n) is 4.59. The van der Waals surface area contributed by atoms with Gasteiger partial charge in [0, 0.05) is 13.1 Å². The molecule has 1 aromatic heterocycles. The van der Waals surface area contributed by atoms with E-state index in [2.05, 4.69) is 10.3 Å². The highest BCUT2D eigenvalue weighted by Gasteiger charge is 2.39. The summed E-state index contributed by atoms with van der Waals surface area (Å²) in [6, 6.07) is 7.05. The lowest BCUT2D eigenvalue weighted by Gasteiger charge is -2.21. The number of likely N-dealkylation sites (tertiary alicyclic amines) is 1. The first-order valence-electron chi connectivity index (χ1n) is 7.91. The van der Waals surface area contributed by atoms with Crippen LogP contribution in [0.4, 0.5) is 4.79 Å². The summed E-state index contributed by atoms with van der Waals surface area (Å²) in [6.45, 7) is 1.19. The van der Waals surface area contributed by atoms with Gasteiger partial charge in [-0.25, -0.2) is 9.78 Å². The van der Waals surface area contributed by atoms with Gasteiger partial charge < -0.3 is 14.8 Å². The molecule has 8 nitrogen and oxygen atoms in total. The molecule has 8 heteroatoms. The molecule has 1 aromatic carbocycles. The number of fused-ring (bicyclic) bond motifs is 1. The summed E-state index contributed by atoms with van der Waals surface area (Å²) in [7, 11) is 0. The first-order valence-corrected chi connectivity index (χ1v) is 7.91. The summed E-state index contributed by atoms with van der Waals surface area (Å²) in [6.07, 6.45) is 2.28. The van der Waals surface area contributed by atoms with Gasteiger partial charge >= 0.3 is 6.03 Å². The van der Waals surface area contributed by atoms with Crippen LogP contribution in [0.25, 0.3) is 11.0 Å². The Balaban J connectivity index is 1.44. The molecule has 2 fully saturated rings. The lowest BCUT2D eigenvalue weighted by atomic mass is 10.2. The number of amides is 4. The van der Waals surface area contributed by atoms with Crippen LogP contribution in [-0.2, 0) is 16.1 Å². The highest BCUT2D eigenvalue weighted by atomic mass is 16.2. The number of para-hydroxylation sites is 2. The molecule has 0 saturated carbocycles. The number of nitrogens with zero attached hydrogens (tertiary/aromatic N) is 4. The topological polar surface area (TPSA) is 87.5 Å². The van der Waals surface area contributed by atoms with Crippen LogP contribution in [0.15, 0.2) is 30.6 Å². The van der Waals surface area contributed by atoms with Gasteiger partial charge in [0.1, 0.15) is 6.54 Å². The van der Waals surface area contributed by atoms with E-state index in [4.69, 9.17) is 0 Å². The Labute approximate surface area is 138 Å². The number of aromatic nitrogens is 2. The Morgan fingerprint density at radius 1 is 1.29 bits per heavy atom. The second-order valence-electron chi connectivity index (χ2n) is 6.07. The summed E-state index contributed by atoms with van der Waals surface area (Å²) >= 11 is 0. The molecule has 0 aliphatic carbocycles. The van der Waals surface area contributed by atoms with Crippen LogP contribution in [0.3, 0.4) is 0 Å². The summed E-state index contributed by atoms with van der Waals surface area (Å²) in [5, 5.41) is 2.52. The Bertz CT molecular complexity index is 814. The van der Waals surface area contributed by atoms with E-state index in [-0.39, 0.29) is 37.0 Å². The lowest BCUT2D eigenvalue weighted by molar-refractivity contribution is -0.132. The number of hydrogen-bond donors (Lipinski definition) is 1. The van der Waals surface area contributed by atoms with E-state index >= 15 is 0 Å². The van der Waals surface area contributed by atoms with Gasteiger partial charge in [-0.05, 0) is 18.6 Å². The molecule has 2 aliphatic heterocycles. The first kappa shape index (κ1) is 14.7. The minimum absolute atomic E-state index is 0.0345. The van der Waals surface area contributed by atoms with Gasteiger partial charge in [-0.2, -0.15) is 0 Å². The van der Waals surface area contributed by atoms with Gasteiger partial charge in [-0.15, -0.1) is 0 Å². The zero-order chi connectivity index (χ0) is 16.7. The smallest absolute Gasteiger partial charge is 0.324 e. The number of urea groups is 1. The number of hydrogen-bond acceptors (Lipinski definition) is 4. The van der Waals surface area contributed by atoms with Crippen molar-refractivity contribution in [2.45, 2.75) is 19.0 Å². The molecule has 0 spiro atoms. The second kappa shape index (κ2) is 5.63. The van der Waals surface area contributed by atoms with Crippen LogP contribution in [0.5, 0.6) is 0 Å². The molecule has 2 aromatic rings. The summed E-state index contributed by atoms with van der Waals surface area (Å²) in [5.41, 5.74) is 1.76. The van der Waals surface area contributed by atoms with Gasteiger partial charge in [-0.3, -0.25) is 14.5 Å². The van der Waals surface area contributed by atoms with Gasteiger partial charge in [0.25, 0.3) is 0 Å². The fraction of sp³-hybridized carbons (Fsp3) is 0.375. The number of benzene rings is 1. The van der Waals surface area contributed by atoms with E-state index in [0.29, 0.717) is 19.5 Å². The predicted molar refractivity (Wildman–Crippen MR) is 85.0 cm³/mol. The largest absolute Gasteiger partial charge is 0.339 e. The minimum Gasteiger partial charge on any atom is -0.339 e. The van der Waals surface area contributed by atoms with Crippen molar-refractivity contribution in [3.05, 3.63) is 30.6 Å². The summed E-state index contributed by atoms with van der Waals surface area (Å²) in [5.74, 6) is -0.257. The van der Waals surface area contributed by atoms with Gasteiger partial charge in [0.2, 0.25) is 11.8 Å². The molecule has 0 radical (unpaired) electrons. The van der Waals surface area contributed by atoms with Crippen LogP contribution in [0.1, 0.15) is 6.42 Å². The fourth-order valence-electron chi connectivity index (χ4n) is 3.37. The maximum Gasteiger partial charge on any atom is 0.324 e. The molecular weight excluding hydrogens is 310 g/mol. The second-order valence-corrected chi connectivity index (χ2v) is 6.07. The molecule has 4 amide bonds. The van der Waals surface area contributed by atoms with E-state index in [1.807, 2.05) is 28.8 Å². The summed E-state index contributed by atoms with van der Waals surface area (Å²) in [4.78, 5) is 43.3. The van der Waals surface area contributed by atoms with Crippen LogP contribution >= 0.6 is 0 Å². The molecular formula is C16H17N5O3. The monoisotopic (exact) mass is 327 g/mol. The standard InChI is InChI=1S/C16H17N5O3/c22-14-7-17-16(24)21(14)11-5-6-19(8-11)15(23)9-20-10-18-12-3-1-2-4-13(12)20/h1-4,10-11H,5-9H2,(H,17,24). The summed E-state index contributed by atoms with van der Waals surface area (Å²) < 4.78 is 1.82. The molecule has 1 N–H and O–H groups in total. The van der Waals surface area contributed by atoms with Gasteiger partial charge in [-0.1, -0.05) is 12.1 Å². The van der Waals surface area contributed by atoms with Gasteiger partial charge in [0.05, 0.1) is 29.9 Å². The molecule has 3 heterocycles. The quantitative estimate of drug-likeness (QED) is 0.815. The minimum atomic E-state index is -0.361. The van der Waals surface area contributed by atoms with Gasteiger partial charge in [0.15, 0.2) is 0 Å². The average molecular weight is 327 g/mol. The van der Waals surface area contributed by atoms with Crippen molar-refractivity contribution < 1.29 is 14.4 Å². The maximum atomic E-state index is 12.6. The molecule has 2 aliphatic rings. The van der Waals surface area contributed by atoms with Crippen LogP contribution in [0.2, 0.25) is 0 Å². The number of imide groups is 1. The highest BCUT2D eigenvalue weighted by Crippen LogP contribution is 2.19. The van der Waals surface area contributed by atoms with Crippen molar-refractivity contribution in [1.29, 1.82) is 0 Å². The lowest BCUT2D eigenvalue weighted by Crippen LogP contribution is -2.43. The van der Waals surface area contributed by atoms with Crippen LogP contribution < -0.4 is 5.32 Å². The molecule has 1 atom stereocenters. The van der Waals surface area contributed by atoms with Crippen molar-refractivity contribution in [1.82, 2.24) is 24.7 Å². The normalized spacial score (nSPS) is 20.9. The molecule has 1 unspecified atom stereocenters. The Kier molecular flexibility index (Phi) is 3.44. The predicted octanol–water partition coefficient (Wildman–Crippen LogP) is 0.189. The van der Waals surface area contributed by atoms with E-state index in [1.54, 1.807) is 11.2 Å². The van der Waals surface area contributed by atoms with Crippen molar-refractivity contribution >= 4 is 28.9 Å². The number of nitrogens with one attached hydrogen (secondary N) is 1.